The lowest BCUT2D eigenvalue weighted by molar-refractivity contribution is 0.0605. The standard InChI is InChI=1S/C13H12BrFN2O2S/c1-6-4-9(15)8(14)5-10(6)17-13-16-7(2)11(20-13)12(18)19-3/h4-5H,1-3H3,(H,16,17). The zero-order valence-electron chi connectivity index (χ0n) is 11.1. The van der Waals surface area contributed by atoms with E-state index in [0.717, 1.165) is 11.3 Å². The van der Waals surface area contributed by atoms with E-state index in [1.165, 1.54) is 24.5 Å². The Balaban J connectivity index is 2.31. The van der Waals surface area contributed by atoms with Crippen LogP contribution in [0.1, 0.15) is 20.9 Å². The molecule has 2 aromatic rings. The number of hydrogen-bond acceptors (Lipinski definition) is 5. The van der Waals surface area contributed by atoms with Gasteiger partial charge in [0.15, 0.2) is 5.13 Å². The van der Waals surface area contributed by atoms with Crippen molar-refractivity contribution < 1.29 is 13.9 Å². The van der Waals surface area contributed by atoms with Crippen molar-refractivity contribution in [3.05, 3.63) is 38.6 Å². The minimum atomic E-state index is -0.412. The van der Waals surface area contributed by atoms with Gasteiger partial charge >= 0.3 is 5.97 Å². The van der Waals surface area contributed by atoms with Gasteiger partial charge in [-0.25, -0.2) is 14.2 Å². The number of methoxy groups -OCH3 is 1. The first kappa shape index (κ1) is 14.9. The average Bonchev–Trinajstić information content (AvgIpc) is 2.76. The summed E-state index contributed by atoms with van der Waals surface area (Å²) in [5.41, 5.74) is 2.07. The van der Waals surface area contributed by atoms with Gasteiger partial charge in [-0.1, -0.05) is 11.3 Å². The van der Waals surface area contributed by atoms with Crippen molar-refractivity contribution in [1.29, 1.82) is 0 Å². The number of nitrogens with zero attached hydrogens (tertiary/aromatic N) is 1. The number of ether oxygens (including phenoxy) is 1. The molecule has 20 heavy (non-hydrogen) atoms. The number of aromatic nitrogens is 1. The molecule has 0 atom stereocenters. The fourth-order valence-electron chi connectivity index (χ4n) is 1.63. The van der Waals surface area contributed by atoms with Crippen molar-refractivity contribution in [2.24, 2.45) is 0 Å². The minimum Gasteiger partial charge on any atom is -0.465 e. The van der Waals surface area contributed by atoms with Gasteiger partial charge in [0.05, 0.1) is 17.3 Å². The van der Waals surface area contributed by atoms with Crippen molar-refractivity contribution >= 4 is 44.1 Å². The van der Waals surface area contributed by atoms with Gasteiger partial charge in [-0.05, 0) is 47.5 Å². The zero-order valence-corrected chi connectivity index (χ0v) is 13.5. The summed E-state index contributed by atoms with van der Waals surface area (Å²) in [6.07, 6.45) is 0. The van der Waals surface area contributed by atoms with Crippen molar-refractivity contribution in [3.63, 3.8) is 0 Å². The second-order valence-corrected chi connectivity index (χ2v) is 5.98. The van der Waals surface area contributed by atoms with Gasteiger partial charge in [0.1, 0.15) is 10.7 Å². The second-order valence-electron chi connectivity index (χ2n) is 4.13. The summed E-state index contributed by atoms with van der Waals surface area (Å²) in [7, 11) is 1.33. The first-order chi connectivity index (χ1) is 9.42. The number of hydrogen-bond donors (Lipinski definition) is 1. The van der Waals surface area contributed by atoms with Crippen LogP contribution in [-0.2, 0) is 4.74 Å². The Morgan fingerprint density at radius 1 is 1.45 bits per heavy atom. The number of rotatable bonds is 3. The highest BCUT2D eigenvalue weighted by Crippen LogP contribution is 2.30. The predicted molar refractivity (Wildman–Crippen MR) is 80.3 cm³/mol. The van der Waals surface area contributed by atoms with E-state index in [1.807, 2.05) is 0 Å². The first-order valence-corrected chi connectivity index (χ1v) is 7.31. The summed E-state index contributed by atoms with van der Waals surface area (Å²) >= 11 is 4.34. The van der Waals surface area contributed by atoms with E-state index in [1.54, 1.807) is 19.9 Å². The van der Waals surface area contributed by atoms with Crippen molar-refractivity contribution in [2.45, 2.75) is 13.8 Å². The first-order valence-electron chi connectivity index (χ1n) is 5.70. The van der Waals surface area contributed by atoms with Gasteiger partial charge in [-0.15, -0.1) is 0 Å². The highest BCUT2D eigenvalue weighted by molar-refractivity contribution is 9.10. The monoisotopic (exact) mass is 358 g/mol. The van der Waals surface area contributed by atoms with E-state index in [9.17, 15) is 9.18 Å². The molecule has 4 nitrogen and oxygen atoms in total. The van der Waals surface area contributed by atoms with E-state index < -0.39 is 5.97 Å². The van der Waals surface area contributed by atoms with Gasteiger partial charge in [-0.3, -0.25) is 0 Å². The maximum Gasteiger partial charge on any atom is 0.350 e. The van der Waals surface area contributed by atoms with Crippen LogP contribution in [0.15, 0.2) is 16.6 Å². The number of esters is 1. The Morgan fingerprint density at radius 3 is 2.80 bits per heavy atom. The molecule has 1 heterocycles. The second kappa shape index (κ2) is 5.88. The molecule has 106 valence electrons. The van der Waals surface area contributed by atoms with Gasteiger partial charge < -0.3 is 10.1 Å². The van der Waals surface area contributed by atoms with Crippen molar-refractivity contribution in [2.75, 3.05) is 12.4 Å². The van der Waals surface area contributed by atoms with Crippen LogP contribution >= 0.6 is 27.3 Å². The molecule has 0 unspecified atom stereocenters. The maximum absolute atomic E-state index is 13.4. The molecule has 0 amide bonds. The summed E-state index contributed by atoms with van der Waals surface area (Å²) in [5.74, 6) is -0.733. The van der Waals surface area contributed by atoms with Crippen LogP contribution in [0, 0.1) is 19.7 Å². The van der Waals surface area contributed by atoms with Crippen LogP contribution in [0.25, 0.3) is 0 Å². The zero-order chi connectivity index (χ0) is 14.9. The molecule has 0 aliphatic carbocycles. The number of halogens is 2. The van der Waals surface area contributed by atoms with Gasteiger partial charge in [0.25, 0.3) is 0 Å². The van der Waals surface area contributed by atoms with Crippen LogP contribution < -0.4 is 5.32 Å². The van der Waals surface area contributed by atoms with E-state index in [0.29, 0.717) is 20.2 Å². The number of nitrogens with one attached hydrogen (secondary N) is 1. The molecule has 1 N–H and O–H groups in total. The average molecular weight is 359 g/mol. The fraction of sp³-hybridized carbons (Fsp3) is 0.231. The van der Waals surface area contributed by atoms with Crippen LogP contribution in [0.5, 0.6) is 0 Å². The topological polar surface area (TPSA) is 51.2 Å². The SMILES string of the molecule is COC(=O)c1sc(Nc2cc(Br)c(F)cc2C)nc1C. The lowest BCUT2D eigenvalue weighted by Gasteiger charge is -2.07. The number of aryl methyl sites for hydroxylation is 2. The van der Waals surface area contributed by atoms with Crippen LogP contribution in [0.3, 0.4) is 0 Å². The highest BCUT2D eigenvalue weighted by Gasteiger charge is 2.16. The summed E-state index contributed by atoms with van der Waals surface area (Å²) < 4.78 is 18.4. The number of carbonyl (C=O) groups is 1. The van der Waals surface area contributed by atoms with Crippen LogP contribution in [0.4, 0.5) is 15.2 Å². The number of carbonyl (C=O) groups excluding carboxylic acids is 1. The molecular formula is C13H12BrFN2O2S. The molecule has 2 rings (SSSR count). The van der Waals surface area contributed by atoms with Crippen molar-refractivity contribution in [3.8, 4) is 0 Å². The lowest BCUT2D eigenvalue weighted by Crippen LogP contribution is -1.99. The van der Waals surface area contributed by atoms with E-state index in [-0.39, 0.29) is 5.82 Å². The van der Waals surface area contributed by atoms with Gasteiger partial charge in [0.2, 0.25) is 0 Å². The molecular weight excluding hydrogens is 347 g/mol. The van der Waals surface area contributed by atoms with E-state index in [2.05, 4.69) is 31.0 Å². The Labute approximate surface area is 128 Å². The molecule has 0 radical (unpaired) electrons. The molecule has 0 aliphatic rings. The Bertz CT molecular complexity index is 673. The molecule has 1 aromatic heterocycles. The van der Waals surface area contributed by atoms with Crippen LogP contribution in [-0.4, -0.2) is 18.1 Å². The minimum absolute atomic E-state index is 0.321. The Kier molecular flexibility index (Phi) is 4.39. The third kappa shape index (κ3) is 2.99. The third-order valence-corrected chi connectivity index (χ3v) is 4.34. The van der Waals surface area contributed by atoms with Gasteiger partial charge in [-0.2, -0.15) is 0 Å². The normalized spacial score (nSPS) is 10.4. The number of anilines is 2. The quantitative estimate of drug-likeness (QED) is 0.835. The lowest BCUT2D eigenvalue weighted by atomic mass is 10.2. The predicted octanol–water partition coefficient (Wildman–Crippen LogP) is 4.19. The van der Waals surface area contributed by atoms with Crippen LogP contribution in [0.2, 0.25) is 0 Å². The summed E-state index contributed by atoms with van der Waals surface area (Å²) in [6.45, 7) is 3.53. The Morgan fingerprint density at radius 2 is 2.15 bits per heavy atom. The van der Waals surface area contributed by atoms with Gasteiger partial charge in [0, 0.05) is 5.69 Å². The number of benzene rings is 1. The van der Waals surface area contributed by atoms with E-state index in [4.69, 9.17) is 0 Å². The number of thiazole rings is 1. The fourth-order valence-corrected chi connectivity index (χ4v) is 2.87. The molecule has 0 bridgehead atoms. The van der Waals surface area contributed by atoms with E-state index >= 15 is 0 Å². The summed E-state index contributed by atoms with van der Waals surface area (Å²) in [4.78, 5) is 16.2. The molecule has 0 fully saturated rings. The molecule has 0 saturated carbocycles. The molecule has 0 saturated heterocycles. The largest absolute Gasteiger partial charge is 0.465 e. The van der Waals surface area contributed by atoms with Crippen molar-refractivity contribution in [1.82, 2.24) is 4.98 Å². The highest BCUT2D eigenvalue weighted by atomic mass is 79.9. The summed E-state index contributed by atoms with van der Waals surface area (Å²) in [6, 6.07) is 3.06. The third-order valence-electron chi connectivity index (χ3n) is 2.68. The molecule has 0 spiro atoms. The molecule has 0 aliphatic heterocycles. The summed E-state index contributed by atoms with van der Waals surface area (Å²) in [5, 5.41) is 3.64. The molecule has 7 heteroatoms. The molecule has 1 aromatic carbocycles. The smallest absolute Gasteiger partial charge is 0.350 e. The maximum atomic E-state index is 13.4. The Hall–Kier alpha value is -1.47.